The molecule has 1 amide bonds. The molecule has 3 fully saturated rings. The average molecular weight is 395 g/mol. The van der Waals surface area contributed by atoms with Crippen LogP contribution in [0, 0.1) is 5.41 Å². The second-order valence-corrected chi connectivity index (χ2v) is 10.9. The molecule has 2 saturated carbocycles. The van der Waals surface area contributed by atoms with Gasteiger partial charge in [-0.25, -0.2) is 13.1 Å². The van der Waals surface area contributed by atoms with Crippen molar-refractivity contribution in [3.05, 3.63) is 11.8 Å². The van der Waals surface area contributed by atoms with E-state index in [4.69, 9.17) is 5.73 Å². The van der Waals surface area contributed by atoms with Crippen LogP contribution in [0.3, 0.4) is 0 Å². The number of carbonyl (C=O) groups excluding carboxylic acids is 1. The predicted octanol–water partition coefficient (Wildman–Crippen LogP) is 2.36. The van der Waals surface area contributed by atoms with E-state index in [1.54, 1.807) is 4.68 Å². The number of hydrogen-bond donors (Lipinski definition) is 2. The molecule has 7 nitrogen and oxygen atoms in total. The van der Waals surface area contributed by atoms with Crippen molar-refractivity contribution < 1.29 is 13.2 Å². The topological polar surface area (TPSA) is 107 Å². The van der Waals surface area contributed by atoms with E-state index in [9.17, 15) is 13.2 Å². The normalized spacial score (nSPS) is 26.8. The largest absolute Gasteiger partial charge is 0.330 e. The van der Waals surface area contributed by atoms with Gasteiger partial charge in [0.15, 0.2) is 9.84 Å². The molecule has 27 heavy (non-hydrogen) atoms. The summed E-state index contributed by atoms with van der Waals surface area (Å²) >= 11 is 0. The highest BCUT2D eigenvalue weighted by atomic mass is 32.2. The number of hydrogen-bond acceptors (Lipinski definition) is 5. The van der Waals surface area contributed by atoms with E-state index in [0.29, 0.717) is 31.1 Å². The molecule has 3 aliphatic rings. The van der Waals surface area contributed by atoms with Crippen LogP contribution in [0.1, 0.15) is 75.4 Å². The zero-order valence-electron chi connectivity index (χ0n) is 15.8. The molecule has 4 rings (SSSR count). The Bertz CT molecular complexity index is 807. The number of rotatable bonds is 6. The van der Waals surface area contributed by atoms with E-state index in [1.807, 2.05) is 6.07 Å². The molecule has 3 N–H and O–H groups in total. The van der Waals surface area contributed by atoms with Crippen LogP contribution in [0.25, 0.3) is 0 Å². The minimum atomic E-state index is -3.01. The van der Waals surface area contributed by atoms with Crippen molar-refractivity contribution in [3.63, 3.8) is 0 Å². The molecule has 1 unspecified atom stereocenters. The van der Waals surface area contributed by atoms with Crippen molar-refractivity contribution in [2.45, 2.75) is 69.7 Å². The first-order valence-electron chi connectivity index (χ1n) is 10.2. The smallest absolute Gasteiger partial charge is 0.226 e. The molecule has 1 aromatic rings. The minimum Gasteiger partial charge on any atom is -0.330 e. The van der Waals surface area contributed by atoms with Crippen LogP contribution in [0.2, 0.25) is 0 Å². The van der Waals surface area contributed by atoms with Gasteiger partial charge in [-0.2, -0.15) is 5.10 Å². The molecule has 1 saturated heterocycles. The fourth-order valence-electron chi connectivity index (χ4n) is 4.61. The third-order valence-corrected chi connectivity index (χ3v) is 8.21. The average Bonchev–Trinajstić information content (AvgIpc) is 3.31. The molecule has 0 bridgehead atoms. The SMILES string of the molecule is NCC1(CC(=O)Nc2cc(C3CC3)nn2C2CCS(=O)(=O)C2)CCCCC1. The quantitative estimate of drug-likeness (QED) is 0.770. The standard InChI is InChI=1S/C19H30N4O3S/c20-13-19(7-2-1-3-8-19)11-18(24)21-17-10-16(14-4-5-14)22-23(17)15-6-9-27(25,26)12-15/h10,14-15H,1-9,11-13,20H2,(H,21,24). The molecule has 1 aliphatic heterocycles. The van der Waals surface area contributed by atoms with Crippen molar-refractivity contribution in [1.29, 1.82) is 0 Å². The summed E-state index contributed by atoms with van der Waals surface area (Å²) in [5, 5.41) is 7.71. The van der Waals surface area contributed by atoms with E-state index in [2.05, 4.69) is 10.4 Å². The first-order valence-corrected chi connectivity index (χ1v) is 12.0. The predicted molar refractivity (Wildman–Crippen MR) is 104 cm³/mol. The van der Waals surface area contributed by atoms with Gasteiger partial charge in [-0.05, 0) is 44.1 Å². The third-order valence-electron chi connectivity index (χ3n) is 6.45. The first kappa shape index (κ1) is 18.9. The number of nitrogens with one attached hydrogen (secondary N) is 1. The van der Waals surface area contributed by atoms with Gasteiger partial charge in [0.1, 0.15) is 5.82 Å². The lowest BCUT2D eigenvalue weighted by Crippen LogP contribution is -2.36. The Labute approximate surface area is 161 Å². The Hall–Kier alpha value is -1.41. The minimum absolute atomic E-state index is 0.0355. The Morgan fingerprint density at radius 3 is 2.59 bits per heavy atom. The molecule has 0 spiro atoms. The van der Waals surface area contributed by atoms with Crippen molar-refractivity contribution in [2.75, 3.05) is 23.4 Å². The highest BCUT2D eigenvalue weighted by Gasteiger charge is 2.36. The van der Waals surface area contributed by atoms with Crippen molar-refractivity contribution in [3.8, 4) is 0 Å². The fraction of sp³-hybridized carbons (Fsp3) is 0.789. The fourth-order valence-corrected chi connectivity index (χ4v) is 6.31. The second-order valence-electron chi connectivity index (χ2n) is 8.72. The van der Waals surface area contributed by atoms with Gasteiger partial charge < -0.3 is 11.1 Å². The zero-order chi connectivity index (χ0) is 19.1. The lowest BCUT2D eigenvalue weighted by atomic mass is 9.71. The zero-order valence-corrected chi connectivity index (χ0v) is 16.6. The monoisotopic (exact) mass is 394 g/mol. The van der Waals surface area contributed by atoms with Crippen LogP contribution >= 0.6 is 0 Å². The summed E-state index contributed by atoms with van der Waals surface area (Å²) in [5.74, 6) is 1.36. The van der Waals surface area contributed by atoms with Crippen molar-refractivity contribution in [2.24, 2.45) is 11.1 Å². The van der Waals surface area contributed by atoms with Gasteiger partial charge in [0, 0.05) is 18.4 Å². The molecule has 1 aromatic heterocycles. The molecule has 0 radical (unpaired) electrons. The van der Waals surface area contributed by atoms with Crippen LogP contribution in [0.4, 0.5) is 5.82 Å². The van der Waals surface area contributed by atoms with Gasteiger partial charge >= 0.3 is 0 Å². The molecule has 2 heterocycles. The van der Waals surface area contributed by atoms with Gasteiger partial charge in [-0.1, -0.05) is 19.3 Å². The lowest BCUT2D eigenvalue weighted by Gasteiger charge is -2.35. The number of anilines is 1. The first-order chi connectivity index (χ1) is 12.9. The van der Waals surface area contributed by atoms with Crippen LogP contribution in [0.5, 0.6) is 0 Å². The number of nitrogens with two attached hydrogens (primary N) is 1. The van der Waals surface area contributed by atoms with Crippen LogP contribution in [-0.2, 0) is 14.6 Å². The summed E-state index contributed by atoms with van der Waals surface area (Å²) in [6, 6.07) is 1.76. The summed E-state index contributed by atoms with van der Waals surface area (Å²) in [4.78, 5) is 12.8. The maximum atomic E-state index is 12.8. The van der Waals surface area contributed by atoms with E-state index in [0.717, 1.165) is 44.2 Å². The van der Waals surface area contributed by atoms with E-state index >= 15 is 0 Å². The molecule has 150 valence electrons. The summed E-state index contributed by atoms with van der Waals surface area (Å²) in [6.45, 7) is 0.536. The Morgan fingerprint density at radius 1 is 1.26 bits per heavy atom. The summed E-state index contributed by atoms with van der Waals surface area (Å²) < 4.78 is 25.6. The van der Waals surface area contributed by atoms with E-state index in [1.165, 1.54) is 6.42 Å². The van der Waals surface area contributed by atoms with Gasteiger partial charge in [-0.3, -0.25) is 4.79 Å². The van der Waals surface area contributed by atoms with Crippen molar-refractivity contribution >= 4 is 21.6 Å². The molecule has 8 heteroatoms. The van der Waals surface area contributed by atoms with Crippen LogP contribution < -0.4 is 11.1 Å². The number of nitrogens with zero attached hydrogens (tertiary/aromatic N) is 2. The van der Waals surface area contributed by atoms with Crippen LogP contribution in [-0.4, -0.2) is 42.2 Å². The lowest BCUT2D eigenvalue weighted by molar-refractivity contribution is -0.118. The molecule has 0 aromatic carbocycles. The van der Waals surface area contributed by atoms with Gasteiger partial charge in [0.25, 0.3) is 0 Å². The van der Waals surface area contributed by atoms with E-state index in [-0.39, 0.29) is 28.9 Å². The van der Waals surface area contributed by atoms with Gasteiger partial charge in [0.05, 0.1) is 23.2 Å². The second kappa shape index (κ2) is 7.20. The molecule has 2 aliphatic carbocycles. The Morgan fingerprint density at radius 2 is 2.00 bits per heavy atom. The molecular formula is C19H30N4O3S. The number of sulfone groups is 1. The Kier molecular flexibility index (Phi) is 5.05. The highest BCUT2D eigenvalue weighted by Crippen LogP contribution is 2.42. The van der Waals surface area contributed by atoms with Crippen LogP contribution in [0.15, 0.2) is 6.07 Å². The Balaban J connectivity index is 1.51. The van der Waals surface area contributed by atoms with Crippen molar-refractivity contribution in [1.82, 2.24) is 9.78 Å². The number of amides is 1. The summed E-state index contributed by atoms with van der Waals surface area (Å²) in [5.41, 5.74) is 6.91. The highest BCUT2D eigenvalue weighted by molar-refractivity contribution is 7.91. The maximum Gasteiger partial charge on any atom is 0.226 e. The van der Waals surface area contributed by atoms with E-state index < -0.39 is 9.84 Å². The number of aromatic nitrogens is 2. The molecule has 1 atom stereocenters. The molecular weight excluding hydrogens is 364 g/mol. The summed E-state index contributed by atoms with van der Waals surface area (Å²) in [7, 11) is -3.01. The summed E-state index contributed by atoms with van der Waals surface area (Å²) in [6.07, 6.45) is 8.71. The van der Waals surface area contributed by atoms with Gasteiger partial charge in [-0.15, -0.1) is 0 Å². The maximum absolute atomic E-state index is 12.8. The third kappa shape index (κ3) is 4.21. The van der Waals surface area contributed by atoms with Gasteiger partial charge in [0.2, 0.25) is 5.91 Å². The number of carbonyl (C=O) groups is 1.